The summed E-state index contributed by atoms with van der Waals surface area (Å²) in [5.41, 5.74) is -6.63. The average molecular weight is 395 g/mol. The molecule has 0 fully saturated rings. The molecule has 0 saturated heterocycles. The number of sulfonamides is 1. The number of ether oxygens (including phenoxy) is 1. The molecule has 148 valence electrons. The van der Waals surface area contributed by atoms with Crippen LogP contribution in [0.2, 0.25) is 0 Å². The minimum absolute atomic E-state index is 0.150. The minimum Gasteiger partial charge on any atom is -0.426 e. The topological polar surface area (TPSA) is 63.7 Å². The molecule has 0 aliphatic heterocycles. The lowest BCUT2D eigenvalue weighted by molar-refractivity contribution is -0.136. The van der Waals surface area contributed by atoms with Crippen LogP contribution in [0.3, 0.4) is 0 Å². The molecule has 0 amide bonds. The molecule has 0 saturated carbocycles. The fraction of sp³-hybridized carbons (Fsp3) is 0.588. The summed E-state index contributed by atoms with van der Waals surface area (Å²) in [6, 6.07) is 6.82. The molecule has 0 bridgehead atoms. The van der Waals surface area contributed by atoms with Gasteiger partial charge < -0.3 is 4.74 Å². The van der Waals surface area contributed by atoms with E-state index < -0.39 is 33.5 Å². The first kappa shape index (κ1) is 22.4. The number of benzene rings is 1. The van der Waals surface area contributed by atoms with Gasteiger partial charge in [-0.2, -0.15) is 17.5 Å². The molecule has 1 aromatic rings. The largest absolute Gasteiger partial charge is 0.511 e. The van der Waals surface area contributed by atoms with E-state index in [4.69, 9.17) is 4.74 Å². The van der Waals surface area contributed by atoms with Gasteiger partial charge in [0.1, 0.15) is 5.75 Å². The number of rotatable bonds is 5. The Hall–Kier alpha value is -1.61. The SMILES string of the molecule is CN(C(C)(C)CC(=O)Oc1ccccc1C(C)(C)C)S(=O)(=O)C(F)(F)F. The van der Waals surface area contributed by atoms with E-state index in [9.17, 15) is 26.4 Å². The summed E-state index contributed by atoms with van der Waals surface area (Å²) in [6.07, 6.45) is -0.544. The maximum Gasteiger partial charge on any atom is 0.511 e. The minimum atomic E-state index is -5.56. The van der Waals surface area contributed by atoms with Crippen molar-refractivity contribution in [2.75, 3.05) is 7.05 Å². The summed E-state index contributed by atoms with van der Waals surface area (Å²) in [4.78, 5) is 12.3. The molecule has 26 heavy (non-hydrogen) atoms. The van der Waals surface area contributed by atoms with Crippen LogP contribution in [-0.2, 0) is 20.2 Å². The molecular formula is C17H24F3NO4S. The van der Waals surface area contributed by atoms with Crippen molar-refractivity contribution in [1.29, 1.82) is 0 Å². The van der Waals surface area contributed by atoms with Crippen molar-refractivity contribution in [3.63, 3.8) is 0 Å². The molecule has 0 radical (unpaired) electrons. The van der Waals surface area contributed by atoms with Crippen LogP contribution in [0.15, 0.2) is 24.3 Å². The van der Waals surface area contributed by atoms with Crippen LogP contribution in [0.25, 0.3) is 0 Å². The Labute approximate surface area is 152 Å². The van der Waals surface area contributed by atoms with Crippen molar-refractivity contribution in [2.24, 2.45) is 0 Å². The predicted octanol–water partition coefficient (Wildman–Crippen LogP) is 3.84. The molecule has 0 aromatic heterocycles. The van der Waals surface area contributed by atoms with E-state index >= 15 is 0 Å². The summed E-state index contributed by atoms with van der Waals surface area (Å²) >= 11 is 0. The highest BCUT2D eigenvalue weighted by Crippen LogP contribution is 2.34. The number of hydrogen-bond acceptors (Lipinski definition) is 4. The Bertz CT molecular complexity index is 765. The van der Waals surface area contributed by atoms with Gasteiger partial charge in [0.25, 0.3) is 0 Å². The van der Waals surface area contributed by atoms with Crippen LogP contribution in [0.4, 0.5) is 13.2 Å². The zero-order chi connectivity index (χ0) is 20.6. The van der Waals surface area contributed by atoms with Crippen LogP contribution in [0.1, 0.15) is 46.6 Å². The Morgan fingerprint density at radius 2 is 1.58 bits per heavy atom. The molecule has 0 atom stereocenters. The fourth-order valence-electron chi connectivity index (χ4n) is 2.28. The maximum atomic E-state index is 12.7. The lowest BCUT2D eigenvalue weighted by atomic mass is 9.86. The number of para-hydroxylation sites is 1. The third kappa shape index (κ3) is 4.97. The number of carbonyl (C=O) groups is 1. The first-order chi connectivity index (χ1) is 11.5. The molecule has 9 heteroatoms. The zero-order valence-electron chi connectivity index (χ0n) is 15.6. The second kappa shape index (κ2) is 7.19. The fourth-order valence-corrected chi connectivity index (χ4v) is 3.30. The van der Waals surface area contributed by atoms with Gasteiger partial charge in [0, 0.05) is 18.2 Å². The number of esters is 1. The number of hydrogen-bond donors (Lipinski definition) is 0. The molecule has 0 heterocycles. The van der Waals surface area contributed by atoms with E-state index in [0.29, 0.717) is 5.75 Å². The van der Waals surface area contributed by atoms with Crippen LogP contribution in [0, 0.1) is 0 Å². The van der Waals surface area contributed by atoms with E-state index in [1.54, 1.807) is 24.3 Å². The Balaban J connectivity index is 3.02. The number of nitrogens with zero attached hydrogens (tertiary/aromatic N) is 1. The normalized spacial score (nSPS) is 13.8. The molecule has 0 spiro atoms. The third-order valence-electron chi connectivity index (χ3n) is 4.00. The molecule has 0 unspecified atom stereocenters. The van der Waals surface area contributed by atoms with Gasteiger partial charge in [-0.1, -0.05) is 39.0 Å². The highest BCUT2D eigenvalue weighted by molar-refractivity contribution is 7.90. The van der Waals surface area contributed by atoms with Crippen molar-refractivity contribution in [3.05, 3.63) is 29.8 Å². The number of carbonyl (C=O) groups excluding carboxylic acids is 1. The van der Waals surface area contributed by atoms with Crippen LogP contribution in [0.5, 0.6) is 5.75 Å². The van der Waals surface area contributed by atoms with Crippen molar-refractivity contribution in [2.45, 2.75) is 57.5 Å². The van der Waals surface area contributed by atoms with E-state index in [0.717, 1.165) is 12.6 Å². The molecule has 0 aliphatic rings. The summed E-state index contributed by atoms with van der Waals surface area (Å²) in [6.45, 7) is 8.23. The van der Waals surface area contributed by atoms with Gasteiger partial charge >= 0.3 is 21.5 Å². The van der Waals surface area contributed by atoms with Crippen LogP contribution in [-0.4, -0.2) is 36.8 Å². The van der Waals surface area contributed by atoms with Crippen molar-refractivity contribution in [1.82, 2.24) is 4.31 Å². The standard InChI is InChI=1S/C17H24F3NO4S/c1-15(2,3)12-9-7-8-10-13(12)25-14(22)11-16(4,5)21(6)26(23,24)17(18,19)20/h7-10H,11H2,1-6H3. The molecule has 1 aromatic carbocycles. The van der Waals surface area contributed by atoms with Gasteiger partial charge in [-0.15, -0.1) is 0 Å². The second-order valence-electron chi connectivity index (χ2n) is 7.63. The van der Waals surface area contributed by atoms with E-state index in [1.807, 2.05) is 20.8 Å². The van der Waals surface area contributed by atoms with Crippen LogP contribution < -0.4 is 4.74 Å². The lowest BCUT2D eigenvalue weighted by Gasteiger charge is -2.34. The first-order valence-electron chi connectivity index (χ1n) is 7.85. The smallest absolute Gasteiger partial charge is 0.426 e. The van der Waals surface area contributed by atoms with Gasteiger partial charge in [-0.05, 0) is 25.3 Å². The number of halogens is 3. The van der Waals surface area contributed by atoms with Crippen LogP contribution >= 0.6 is 0 Å². The quantitative estimate of drug-likeness (QED) is 0.561. The van der Waals surface area contributed by atoms with Crippen molar-refractivity contribution in [3.8, 4) is 5.75 Å². The maximum absolute atomic E-state index is 12.7. The number of alkyl halides is 3. The summed E-state index contributed by atoms with van der Waals surface area (Å²) < 4.78 is 66.8. The molecule has 0 N–H and O–H groups in total. The van der Waals surface area contributed by atoms with Crippen molar-refractivity contribution >= 4 is 16.0 Å². The Morgan fingerprint density at radius 3 is 2.04 bits per heavy atom. The van der Waals surface area contributed by atoms with Gasteiger partial charge in [0.05, 0.1) is 6.42 Å². The monoisotopic (exact) mass is 395 g/mol. The Kier molecular flexibility index (Phi) is 6.20. The van der Waals surface area contributed by atoms with Gasteiger partial charge in [0.2, 0.25) is 0 Å². The summed E-state index contributed by atoms with van der Waals surface area (Å²) in [7, 11) is -4.77. The van der Waals surface area contributed by atoms with Crippen molar-refractivity contribution < 1.29 is 31.1 Å². The zero-order valence-corrected chi connectivity index (χ0v) is 16.5. The third-order valence-corrected chi connectivity index (χ3v) is 5.80. The first-order valence-corrected chi connectivity index (χ1v) is 9.29. The molecule has 0 aliphatic carbocycles. The van der Waals surface area contributed by atoms with E-state index in [-0.39, 0.29) is 9.72 Å². The van der Waals surface area contributed by atoms with Gasteiger partial charge in [-0.25, -0.2) is 8.42 Å². The average Bonchev–Trinajstić information content (AvgIpc) is 2.43. The van der Waals surface area contributed by atoms with Gasteiger partial charge in [-0.3, -0.25) is 4.79 Å². The molecule has 1 rings (SSSR count). The second-order valence-corrected chi connectivity index (χ2v) is 9.59. The predicted molar refractivity (Wildman–Crippen MR) is 92.2 cm³/mol. The highest BCUT2D eigenvalue weighted by Gasteiger charge is 2.52. The van der Waals surface area contributed by atoms with E-state index in [2.05, 4.69) is 0 Å². The van der Waals surface area contributed by atoms with Gasteiger partial charge in [0.15, 0.2) is 0 Å². The molecular weight excluding hydrogens is 371 g/mol. The summed E-state index contributed by atoms with van der Waals surface area (Å²) in [5, 5.41) is 0. The highest BCUT2D eigenvalue weighted by atomic mass is 32.2. The Morgan fingerprint density at radius 1 is 1.08 bits per heavy atom. The van der Waals surface area contributed by atoms with E-state index in [1.165, 1.54) is 13.8 Å². The molecule has 5 nitrogen and oxygen atoms in total. The lowest BCUT2D eigenvalue weighted by Crippen LogP contribution is -2.51. The summed E-state index contributed by atoms with van der Waals surface area (Å²) in [5.74, 6) is -0.530.